The SMILES string of the molecule is O=Cc1c(CF)ncc(O)c1OC(F)(F)F. The van der Waals surface area contributed by atoms with Crippen molar-refractivity contribution in [2.24, 2.45) is 0 Å². The van der Waals surface area contributed by atoms with Gasteiger partial charge in [-0.3, -0.25) is 9.78 Å². The van der Waals surface area contributed by atoms with Gasteiger partial charge in [-0.15, -0.1) is 13.2 Å². The Morgan fingerprint density at radius 3 is 2.56 bits per heavy atom. The van der Waals surface area contributed by atoms with Crippen molar-refractivity contribution in [2.75, 3.05) is 0 Å². The molecule has 88 valence electrons. The quantitative estimate of drug-likeness (QED) is 0.647. The first-order chi connectivity index (χ1) is 7.39. The summed E-state index contributed by atoms with van der Waals surface area (Å²) >= 11 is 0. The van der Waals surface area contributed by atoms with Crippen LogP contribution in [0.25, 0.3) is 0 Å². The molecule has 0 amide bonds. The van der Waals surface area contributed by atoms with Crippen molar-refractivity contribution < 1.29 is 32.2 Å². The number of carbonyl (C=O) groups is 1. The van der Waals surface area contributed by atoms with Crippen molar-refractivity contribution in [1.82, 2.24) is 4.98 Å². The molecular formula is C8H5F4NO3. The fourth-order valence-electron chi connectivity index (χ4n) is 0.987. The van der Waals surface area contributed by atoms with E-state index in [1.165, 1.54) is 0 Å². The van der Waals surface area contributed by atoms with Crippen LogP contribution in [0, 0.1) is 0 Å². The van der Waals surface area contributed by atoms with Gasteiger partial charge in [0.15, 0.2) is 17.8 Å². The van der Waals surface area contributed by atoms with Gasteiger partial charge in [0, 0.05) is 0 Å². The van der Waals surface area contributed by atoms with Gasteiger partial charge in [0.05, 0.1) is 17.5 Å². The molecular weight excluding hydrogens is 234 g/mol. The lowest BCUT2D eigenvalue weighted by Gasteiger charge is -2.13. The average Bonchev–Trinajstić information content (AvgIpc) is 2.19. The minimum Gasteiger partial charge on any atom is -0.503 e. The Balaban J connectivity index is 3.29. The lowest BCUT2D eigenvalue weighted by molar-refractivity contribution is -0.275. The zero-order valence-electron chi connectivity index (χ0n) is 7.58. The summed E-state index contributed by atoms with van der Waals surface area (Å²) < 4.78 is 51.4. The molecule has 0 aliphatic carbocycles. The Labute approximate surface area is 86.5 Å². The summed E-state index contributed by atoms with van der Waals surface area (Å²) in [6, 6.07) is 0. The van der Waals surface area contributed by atoms with Gasteiger partial charge < -0.3 is 9.84 Å². The molecule has 0 aromatic carbocycles. The second-order valence-corrected chi connectivity index (χ2v) is 2.63. The molecule has 8 heteroatoms. The van der Waals surface area contributed by atoms with E-state index in [0.29, 0.717) is 6.20 Å². The van der Waals surface area contributed by atoms with Gasteiger partial charge >= 0.3 is 6.36 Å². The van der Waals surface area contributed by atoms with E-state index >= 15 is 0 Å². The van der Waals surface area contributed by atoms with Crippen molar-refractivity contribution in [3.05, 3.63) is 17.5 Å². The highest BCUT2D eigenvalue weighted by Crippen LogP contribution is 2.34. The molecule has 0 atom stereocenters. The van der Waals surface area contributed by atoms with Crippen LogP contribution in [0.15, 0.2) is 6.20 Å². The number of hydrogen-bond donors (Lipinski definition) is 1. The smallest absolute Gasteiger partial charge is 0.503 e. The number of ether oxygens (including phenoxy) is 1. The monoisotopic (exact) mass is 239 g/mol. The minimum absolute atomic E-state index is 0.0668. The van der Waals surface area contributed by atoms with Crippen molar-refractivity contribution in [1.29, 1.82) is 0 Å². The predicted molar refractivity (Wildman–Crippen MR) is 42.8 cm³/mol. The highest BCUT2D eigenvalue weighted by molar-refractivity contribution is 5.82. The maximum absolute atomic E-state index is 12.3. The third-order valence-corrected chi connectivity index (χ3v) is 1.59. The second-order valence-electron chi connectivity index (χ2n) is 2.63. The Hall–Kier alpha value is -1.86. The van der Waals surface area contributed by atoms with Gasteiger partial charge in [-0.25, -0.2) is 4.39 Å². The molecule has 0 fully saturated rings. The number of aldehydes is 1. The Kier molecular flexibility index (Phi) is 3.31. The van der Waals surface area contributed by atoms with Crippen LogP contribution in [0.4, 0.5) is 17.6 Å². The van der Waals surface area contributed by atoms with Crippen LogP contribution in [-0.2, 0) is 6.67 Å². The third-order valence-electron chi connectivity index (χ3n) is 1.59. The van der Waals surface area contributed by atoms with E-state index in [2.05, 4.69) is 9.72 Å². The van der Waals surface area contributed by atoms with E-state index in [9.17, 15) is 22.4 Å². The summed E-state index contributed by atoms with van der Waals surface area (Å²) in [5.41, 5.74) is -1.30. The molecule has 0 unspecified atom stereocenters. The number of rotatable bonds is 3. The largest absolute Gasteiger partial charge is 0.573 e. The van der Waals surface area contributed by atoms with Crippen molar-refractivity contribution in [2.45, 2.75) is 13.0 Å². The van der Waals surface area contributed by atoms with Gasteiger partial charge in [0.25, 0.3) is 0 Å². The molecule has 0 aliphatic rings. The number of aromatic hydroxyl groups is 1. The first-order valence-electron chi connectivity index (χ1n) is 3.86. The van der Waals surface area contributed by atoms with Gasteiger partial charge in [0.1, 0.15) is 6.67 Å². The number of carbonyl (C=O) groups excluding carboxylic acids is 1. The van der Waals surface area contributed by atoms with Crippen molar-refractivity contribution >= 4 is 6.29 Å². The van der Waals surface area contributed by atoms with Crippen LogP contribution in [0.2, 0.25) is 0 Å². The molecule has 1 aromatic heterocycles. The number of hydrogen-bond acceptors (Lipinski definition) is 4. The first-order valence-corrected chi connectivity index (χ1v) is 3.86. The minimum atomic E-state index is -5.09. The van der Waals surface area contributed by atoms with Gasteiger partial charge in [-0.2, -0.15) is 0 Å². The van der Waals surface area contributed by atoms with Crippen LogP contribution in [0.3, 0.4) is 0 Å². The van der Waals surface area contributed by atoms with Crippen molar-refractivity contribution in [3.63, 3.8) is 0 Å². The summed E-state index contributed by atoms with van der Waals surface area (Å²) in [5.74, 6) is -2.14. The van der Waals surface area contributed by atoms with E-state index in [-0.39, 0.29) is 6.29 Å². The molecule has 0 saturated carbocycles. The van der Waals surface area contributed by atoms with Crippen LogP contribution in [-0.4, -0.2) is 22.7 Å². The number of pyridine rings is 1. The molecule has 1 N–H and O–H groups in total. The van der Waals surface area contributed by atoms with Crippen LogP contribution in [0.5, 0.6) is 11.5 Å². The van der Waals surface area contributed by atoms with E-state index in [0.717, 1.165) is 0 Å². The standard InChI is InChI=1S/C8H5F4NO3/c9-1-5-4(3-14)7(6(15)2-13-5)16-8(10,11)12/h2-3,15H,1H2. The molecule has 0 saturated heterocycles. The first kappa shape index (κ1) is 12.2. The summed E-state index contributed by atoms with van der Waals surface area (Å²) in [7, 11) is 0. The maximum atomic E-state index is 12.3. The average molecular weight is 239 g/mol. The second kappa shape index (κ2) is 4.33. The maximum Gasteiger partial charge on any atom is 0.573 e. The zero-order valence-corrected chi connectivity index (χ0v) is 7.58. The Morgan fingerprint density at radius 1 is 1.50 bits per heavy atom. The Morgan fingerprint density at radius 2 is 2.12 bits per heavy atom. The molecule has 0 bridgehead atoms. The molecule has 1 rings (SSSR count). The normalized spacial score (nSPS) is 11.2. The van der Waals surface area contributed by atoms with E-state index in [1.807, 2.05) is 0 Å². The summed E-state index contributed by atoms with van der Waals surface area (Å²) in [6.07, 6.45) is -4.59. The fraction of sp³-hybridized carbons (Fsp3) is 0.250. The summed E-state index contributed by atoms with van der Waals surface area (Å²) in [6.45, 7) is -1.25. The lowest BCUT2D eigenvalue weighted by atomic mass is 10.2. The molecule has 16 heavy (non-hydrogen) atoms. The third kappa shape index (κ3) is 2.59. The van der Waals surface area contributed by atoms with Crippen LogP contribution < -0.4 is 4.74 Å². The lowest BCUT2D eigenvalue weighted by Crippen LogP contribution is -2.19. The highest BCUT2D eigenvalue weighted by atomic mass is 19.4. The molecule has 0 radical (unpaired) electrons. The molecule has 1 aromatic rings. The molecule has 0 aliphatic heterocycles. The number of nitrogens with zero attached hydrogens (tertiary/aromatic N) is 1. The van der Waals surface area contributed by atoms with Crippen molar-refractivity contribution in [3.8, 4) is 11.5 Å². The highest BCUT2D eigenvalue weighted by Gasteiger charge is 2.34. The van der Waals surface area contributed by atoms with Gasteiger partial charge in [0.2, 0.25) is 0 Å². The molecule has 1 heterocycles. The van der Waals surface area contributed by atoms with Crippen LogP contribution in [0.1, 0.15) is 16.1 Å². The van der Waals surface area contributed by atoms with E-state index < -0.39 is 35.8 Å². The summed E-state index contributed by atoms with van der Waals surface area (Å²) in [4.78, 5) is 13.7. The number of halogens is 4. The Bertz CT molecular complexity index is 405. The number of alkyl halides is 4. The van der Waals surface area contributed by atoms with Gasteiger partial charge in [-0.1, -0.05) is 0 Å². The fourth-order valence-corrected chi connectivity index (χ4v) is 0.987. The van der Waals surface area contributed by atoms with Gasteiger partial charge in [-0.05, 0) is 0 Å². The van der Waals surface area contributed by atoms with Crippen LogP contribution >= 0.6 is 0 Å². The summed E-state index contributed by atoms with van der Waals surface area (Å²) in [5, 5.41) is 9.04. The predicted octanol–water partition coefficient (Wildman–Crippen LogP) is 1.97. The molecule has 4 nitrogen and oxygen atoms in total. The topological polar surface area (TPSA) is 59.4 Å². The zero-order chi connectivity index (χ0) is 12.3. The molecule has 0 spiro atoms. The van der Waals surface area contributed by atoms with E-state index in [1.54, 1.807) is 0 Å². The van der Waals surface area contributed by atoms with E-state index in [4.69, 9.17) is 5.11 Å². The number of aromatic nitrogens is 1.